The Morgan fingerprint density at radius 2 is 1.78 bits per heavy atom. The van der Waals surface area contributed by atoms with Crippen molar-refractivity contribution in [2.75, 3.05) is 26.2 Å². The van der Waals surface area contributed by atoms with Crippen LogP contribution in [0.5, 0.6) is 0 Å². The van der Waals surface area contributed by atoms with Crippen LogP contribution in [0, 0.1) is 11.8 Å². The van der Waals surface area contributed by atoms with Crippen LogP contribution in [0.4, 0.5) is 0 Å². The molecule has 3 heteroatoms. The van der Waals surface area contributed by atoms with Gasteiger partial charge in [0.15, 0.2) is 0 Å². The Morgan fingerprint density at radius 3 is 2.39 bits per heavy atom. The van der Waals surface area contributed by atoms with Crippen molar-refractivity contribution < 1.29 is 5.11 Å². The lowest BCUT2D eigenvalue weighted by atomic mass is 9.95. The van der Waals surface area contributed by atoms with Crippen molar-refractivity contribution >= 4 is 0 Å². The van der Waals surface area contributed by atoms with E-state index in [1.54, 1.807) is 0 Å². The van der Waals surface area contributed by atoms with Crippen LogP contribution in [0.2, 0.25) is 0 Å². The van der Waals surface area contributed by atoms with Gasteiger partial charge in [-0.3, -0.25) is 0 Å². The van der Waals surface area contributed by atoms with Crippen LogP contribution in [0.3, 0.4) is 0 Å². The van der Waals surface area contributed by atoms with Gasteiger partial charge in [0, 0.05) is 18.7 Å². The van der Waals surface area contributed by atoms with Crippen molar-refractivity contribution in [2.24, 2.45) is 11.8 Å². The largest absolute Gasteiger partial charge is 0.396 e. The van der Waals surface area contributed by atoms with E-state index in [0.29, 0.717) is 24.6 Å². The van der Waals surface area contributed by atoms with Gasteiger partial charge >= 0.3 is 0 Å². The second-order valence-electron chi connectivity index (χ2n) is 6.45. The summed E-state index contributed by atoms with van der Waals surface area (Å²) in [5.74, 6) is 1.28. The van der Waals surface area contributed by atoms with Crippen LogP contribution in [-0.4, -0.2) is 48.3 Å². The molecule has 106 valence electrons. The minimum absolute atomic E-state index is 0.387. The molecule has 1 saturated carbocycles. The third-order valence-corrected chi connectivity index (χ3v) is 4.98. The molecule has 1 heterocycles. The lowest BCUT2D eigenvalue weighted by Gasteiger charge is -2.35. The molecule has 1 aliphatic carbocycles. The van der Waals surface area contributed by atoms with Crippen LogP contribution in [-0.2, 0) is 0 Å². The van der Waals surface area contributed by atoms with E-state index in [0.717, 1.165) is 12.5 Å². The Bertz CT molecular complexity index is 237. The first-order chi connectivity index (χ1) is 8.70. The van der Waals surface area contributed by atoms with E-state index in [2.05, 4.69) is 24.1 Å². The fourth-order valence-electron chi connectivity index (χ4n) is 3.56. The Hall–Kier alpha value is -0.120. The molecule has 2 unspecified atom stereocenters. The summed E-state index contributed by atoms with van der Waals surface area (Å²) in [5.41, 5.74) is 0. The van der Waals surface area contributed by atoms with Gasteiger partial charge in [-0.2, -0.15) is 0 Å². The highest BCUT2D eigenvalue weighted by Crippen LogP contribution is 2.30. The van der Waals surface area contributed by atoms with Crippen LogP contribution < -0.4 is 5.32 Å². The van der Waals surface area contributed by atoms with Gasteiger partial charge in [-0.1, -0.05) is 6.42 Å². The highest BCUT2D eigenvalue weighted by Gasteiger charge is 2.27. The normalized spacial score (nSPS) is 31.3. The molecule has 0 spiro atoms. The van der Waals surface area contributed by atoms with E-state index in [1.165, 1.54) is 45.2 Å². The predicted octanol–water partition coefficient (Wildman–Crippen LogP) is 1.86. The summed E-state index contributed by atoms with van der Waals surface area (Å²) in [6.07, 6.45) is 6.42. The molecule has 2 aliphatic rings. The number of nitrogens with one attached hydrogen (secondary N) is 1. The molecule has 1 saturated heterocycles. The highest BCUT2D eigenvalue weighted by atomic mass is 16.3. The molecular weight excluding hydrogens is 224 g/mol. The fraction of sp³-hybridized carbons (Fsp3) is 1.00. The molecule has 2 atom stereocenters. The third-order valence-electron chi connectivity index (χ3n) is 4.98. The van der Waals surface area contributed by atoms with Gasteiger partial charge in [-0.15, -0.1) is 0 Å². The summed E-state index contributed by atoms with van der Waals surface area (Å²) in [7, 11) is 0. The summed E-state index contributed by atoms with van der Waals surface area (Å²) in [6, 6.07) is 1.40. The second kappa shape index (κ2) is 6.88. The van der Waals surface area contributed by atoms with Gasteiger partial charge in [-0.25, -0.2) is 0 Å². The van der Waals surface area contributed by atoms with Crippen LogP contribution >= 0.6 is 0 Å². The van der Waals surface area contributed by atoms with Crippen molar-refractivity contribution in [3.8, 4) is 0 Å². The smallest absolute Gasteiger partial charge is 0.0462 e. The molecule has 0 aromatic heterocycles. The van der Waals surface area contributed by atoms with E-state index < -0.39 is 0 Å². The summed E-state index contributed by atoms with van der Waals surface area (Å²) in [4.78, 5) is 2.57. The zero-order valence-corrected chi connectivity index (χ0v) is 12.1. The predicted molar refractivity (Wildman–Crippen MR) is 75.7 cm³/mol. The number of hydrogen-bond acceptors (Lipinski definition) is 3. The fourth-order valence-corrected chi connectivity index (χ4v) is 3.56. The maximum absolute atomic E-state index is 9.33. The van der Waals surface area contributed by atoms with Gasteiger partial charge in [0.2, 0.25) is 0 Å². The van der Waals surface area contributed by atoms with Crippen molar-refractivity contribution in [3.05, 3.63) is 0 Å². The SMILES string of the molecule is CC(C)N1CCC(NCC2CCCC2CO)CC1. The van der Waals surface area contributed by atoms with E-state index in [4.69, 9.17) is 0 Å². The Labute approximate surface area is 112 Å². The molecular formula is C15H30N2O. The first kappa shape index (κ1) is 14.3. The quantitative estimate of drug-likeness (QED) is 0.786. The topological polar surface area (TPSA) is 35.5 Å². The number of aliphatic hydroxyl groups excluding tert-OH is 1. The standard InChI is InChI=1S/C15H30N2O/c1-12(2)17-8-6-15(7-9-17)16-10-13-4-3-5-14(13)11-18/h12-16,18H,3-11H2,1-2H3. The van der Waals surface area contributed by atoms with E-state index in [1.807, 2.05) is 0 Å². The second-order valence-corrected chi connectivity index (χ2v) is 6.45. The molecule has 0 amide bonds. The summed E-state index contributed by atoms with van der Waals surface area (Å²) < 4.78 is 0. The maximum Gasteiger partial charge on any atom is 0.0462 e. The lowest BCUT2D eigenvalue weighted by molar-refractivity contribution is 0.152. The average Bonchev–Trinajstić information content (AvgIpc) is 2.84. The minimum Gasteiger partial charge on any atom is -0.396 e. The van der Waals surface area contributed by atoms with Crippen molar-refractivity contribution in [1.29, 1.82) is 0 Å². The van der Waals surface area contributed by atoms with Gasteiger partial charge < -0.3 is 15.3 Å². The van der Waals surface area contributed by atoms with E-state index in [9.17, 15) is 5.11 Å². The third kappa shape index (κ3) is 3.69. The monoisotopic (exact) mass is 254 g/mol. The Balaban J connectivity index is 1.66. The number of likely N-dealkylation sites (tertiary alicyclic amines) is 1. The zero-order chi connectivity index (χ0) is 13.0. The minimum atomic E-state index is 0.387. The number of nitrogens with zero attached hydrogens (tertiary/aromatic N) is 1. The summed E-state index contributed by atoms with van der Waals surface area (Å²) in [6.45, 7) is 8.57. The zero-order valence-electron chi connectivity index (χ0n) is 12.1. The van der Waals surface area contributed by atoms with E-state index in [-0.39, 0.29) is 0 Å². The Kier molecular flexibility index (Phi) is 5.46. The molecule has 3 nitrogen and oxygen atoms in total. The van der Waals surface area contributed by atoms with Gasteiger partial charge in [-0.05, 0) is 71.0 Å². The summed E-state index contributed by atoms with van der Waals surface area (Å²) >= 11 is 0. The highest BCUT2D eigenvalue weighted by molar-refractivity contribution is 4.83. The molecule has 2 rings (SSSR count). The molecule has 0 aromatic rings. The summed E-state index contributed by atoms with van der Waals surface area (Å²) in [5, 5.41) is 13.1. The molecule has 2 fully saturated rings. The van der Waals surface area contributed by atoms with Crippen molar-refractivity contribution in [3.63, 3.8) is 0 Å². The van der Waals surface area contributed by atoms with Gasteiger partial charge in [0.25, 0.3) is 0 Å². The number of aliphatic hydroxyl groups is 1. The molecule has 0 radical (unpaired) electrons. The lowest BCUT2D eigenvalue weighted by Crippen LogP contribution is -2.46. The number of rotatable bonds is 5. The van der Waals surface area contributed by atoms with Crippen LogP contribution in [0.1, 0.15) is 46.0 Å². The van der Waals surface area contributed by atoms with Crippen molar-refractivity contribution in [2.45, 2.75) is 58.0 Å². The van der Waals surface area contributed by atoms with E-state index >= 15 is 0 Å². The number of hydrogen-bond donors (Lipinski definition) is 2. The molecule has 2 N–H and O–H groups in total. The Morgan fingerprint density at radius 1 is 1.11 bits per heavy atom. The van der Waals surface area contributed by atoms with Crippen LogP contribution in [0.25, 0.3) is 0 Å². The van der Waals surface area contributed by atoms with Crippen LogP contribution in [0.15, 0.2) is 0 Å². The first-order valence-corrected chi connectivity index (χ1v) is 7.79. The molecule has 1 aliphatic heterocycles. The first-order valence-electron chi connectivity index (χ1n) is 7.79. The van der Waals surface area contributed by atoms with Gasteiger partial charge in [0.05, 0.1) is 0 Å². The molecule has 18 heavy (non-hydrogen) atoms. The van der Waals surface area contributed by atoms with Crippen molar-refractivity contribution in [1.82, 2.24) is 10.2 Å². The van der Waals surface area contributed by atoms with Gasteiger partial charge in [0.1, 0.15) is 0 Å². The molecule has 0 bridgehead atoms. The number of piperidine rings is 1. The maximum atomic E-state index is 9.33. The molecule has 0 aromatic carbocycles. The average molecular weight is 254 g/mol.